The Labute approximate surface area is 173 Å². The zero-order valence-electron chi connectivity index (χ0n) is 16.5. The number of alkyl halides is 3. The number of hydrogen-bond acceptors (Lipinski definition) is 3. The summed E-state index contributed by atoms with van der Waals surface area (Å²) in [6.45, 7) is 1.56. The van der Waals surface area contributed by atoms with Crippen LogP contribution in [0.3, 0.4) is 0 Å². The van der Waals surface area contributed by atoms with Crippen molar-refractivity contribution in [1.29, 1.82) is 0 Å². The smallest absolute Gasteiger partial charge is 0.419 e. The van der Waals surface area contributed by atoms with Crippen molar-refractivity contribution in [3.05, 3.63) is 70.7 Å². The number of halogens is 6. The highest BCUT2D eigenvalue weighted by Crippen LogP contribution is 2.34. The van der Waals surface area contributed by atoms with Crippen LogP contribution in [0.2, 0.25) is 0 Å². The van der Waals surface area contributed by atoms with Gasteiger partial charge in [0.2, 0.25) is 5.88 Å². The molecule has 4 nitrogen and oxygen atoms in total. The summed E-state index contributed by atoms with van der Waals surface area (Å²) >= 11 is 0. The number of carbonyl (C=O) groups is 1. The Hall–Kier alpha value is -3.30. The molecule has 0 radical (unpaired) electrons. The number of aromatic nitrogens is 1. The summed E-state index contributed by atoms with van der Waals surface area (Å²) < 4.78 is 84.8. The number of ether oxygens (including phenoxy) is 1. The molecule has 0 aliphatic rings. The molecule has 0 fully saturated rings. The highest BCUT2D eigenvalue weighted by molar-refractivity contribution is 5.95. The largest absolute Gasteiger partial charge is 0.481 e. The summed E-state index contributed by atoms with van der Waals surface area (Å²) in [4.78, 5) is 17.9. The van der Waals surface area contributed by atoms with E-state index in [0.717, 1.165) is 23.1 Å². The lowest BCUT2D eigenvalue weighted by Crippen LogP contribution is -2.30. The first-order valence-electron chi connectivity index (χ1n) is 8.91. The van der Waals surface area contributed by atoms with Crippen molar-refractivity contribution in [2.45, 2.75) is 19.1 Å². The molecule has 2 aromatic carbocycles. The number of fused-ring (bicyclic) bond motifs is 1. The lowest BCUT2D eigenvalue weighted by Gasteiger charge is -2.26. The van der Waals surface area contributed by atoms with Crippen LogP contribution in [-0.4, -0.2) is 29.9 Å². The fourth-order valence-corrected chi connectivity index (χ4v) is 3.19. The van der Waals surface area contributed by atoms with E-state index in [4.69, 9.17) is 4.74 Å². The number of methoxy groups -OCH3 is 1. The summed E-state index contributed by atoms with van der Waals surface area (Å²) in [6.07, 6.45) is -3.57. The lowest BCUT2D eigenvalue weighted by molar-refractivity contribution is -0.140. The van der Waals surface area contributed by atoms with Crippen LogP contribution in [-0.2, 0) is 6.18 Å². The Morgan fingerprint density at radius 2 is 1.65 bits per heavy atom. The molecule has 1 heterocycles. The molecule has 1 aromatic heterocycles. The Morgan fingerprint density at radius 1 is 1.03 bits per heavy atom. The van der Waals surface area contributed by atoms with Crippen LogP contribution in [0.25, 0.3) is 10.8 Å². The van der Waals surface area contributed by atoms with Crippen molar-refractivity contribution in [3.63, 3.8) is 0 Å². The predicted octanol–water partition coefficient (Wildman–Crippen LogP) is 5.51. The van der Waals surface area contributed by atoms with Gasteiger partial charge in [0.05, 0.1) is 18.7 Å². The zero-order chi connectivity index (χ0) is 23.1. The van der Waals surface area contributed by atoms with Gasteiger partial charge in [0, 0.05) is 29.8 Å². The topological polar surface area (TPSA) is 42.4 Å². The van der Waals surface area contributed by atoms with Gasteiger partial charge in [-0.25, -0.2) is 18.2 Å². The van der Waals surface area contributed by atoms with E-state index in [1.165, 1.54) is 20.4 Å². The van der Waals surface area contributed by atoms with E-state index in [9.17, 15) is 31.1 Å². The third-order valence-corrected chi connectivity index (χ3v) is 4.99. The first-order chi connectivity index (χ1) is 14.5. The maximum Gasteiger partial charge on any atom is 0.419 e. The minimum atomic E-state index is -4.89. The van der Waals surface area contributed by atoms with Crippen LogP contribution in [0.4, 0.5) is 26.3 Å². The maximum absolute atomic E-state index is 13.9. The number of rotatable bonds is 4. The molecule has 0 N–H and O–H groups in total. The summed E-state index contributed by atoms with van der Waals surface area (Å²) in [6, 6.07) is 2.95. The van der Waals surface area contributed by atoms with Crippen molar-refractivity contribution in [2.24, 2.45) is 0 Å². The molecule has 0 saturated heterocycles. The average molecular weight is 442 g/mol. The molecule has 31 heavy (non-hydrogen) atoms. The van der Waals surface area contributed by atoms with Gasteiger partial charge in [-0.05, 0) is 42.6 Å². The Balaban J connectivity index is 2.01. The monoisotopic (exact) mass is 442 g/mol. The van der Waals surface area contributed by atoms with E-state index < -0.39 is 41.1 Å². The van der Waals surface area contributed by atoms with Gasteiger partial charge in [0.25, 0.3) is 5.91 Å². The third-order valence-electron chi connectivity index (χ3n) is 4.99. The normalized spacial score (nSPS) is 12.7. The zero-order valence-corrected chi connectivity index (χ0v) is 16.5. The fourth-order valence-electron chi connectivity index (χ4n) is 3.19. The number of hydrogen-bond donors (Lipinski definition) is 0. The Morgan fingerprint density at radius 3 is 2.19 bits per heavy atom. The van der Waals surface area contributed by atoms with Gasteiger partial charge in [0.15, 0.2) is 11.6 Å². The fraction of sp³-hybridized carbons (Fsp3) is 0.238. The first kappa shape index (κ1) is 22.4. The molecule has 3 rings (SSSR count). The summed E-state index contributed by atoms with van der Waals surface area (Å²) in [5.41, 5.74) is -1.46. The molecular formula is C21H16F6N2O2. The molecule has 0 aliphatic carbocycles. The van der Waals surface area contributed by atoms with Crippen molar-refractivity contribution >= 4 is 16.7 Å². The average Bonchev–Trinajstić information content (AvgIpc) is 2.71. The highest BCUT2D eigenvalue weighted by atomic mass is 19.4. The molecular weight excluding hydrogens is 426 g/mol. The molecule has 1 amide bonds. The number of amides is 1. The predicted molar refractivity (Wildman–Crippen MR) is 100 cm³/mol. The maximum atomic E-state index is 13.9. The molecule has 0 bridgehead atoms. The van der Waals surface area contributed by atoms with Gasteiger partial charge < -0.3 is 9.64 Å². The molecule has 0 saturated carbocycles. The lowest BCUT2D eigenvalue weighted by atomic mass is 10.00. The Kier molecular flexibility index (Phi) is 5.84. The first-order valence-corrected chi connectivity index (χ1v) is 8.91. The second kappa shape index (κ2) is 8.09. The third kappa shape index (κ3) is 4.14. The van der Waals surface area contributed by atoms with Crippen LogP contribution in [0.1, 0.15) is 34.5 Å². The van der Waals surface area contributed by atoms with E-state index >= 15 is 0 Å². The minimum Gasteiger partial charge on any atom is -0.481 e. The standard InChI is InChI=1S/C21H16F6N2O2/c1-10(14-9-28-19(31-3)13-8-18(24)17(23)7-12(13)14)29(2)20(30)11-4-5-15(16(22)6-11)21(25,26)27/h4-10H,1-3H3/t10-/m1/s1. The molecule has 1 atom stereocenters. The highest BCUT2D eigenvalue weighted by Gasteiger charge is 2.34. The second-order valence-electron chi connectivity index (χ2n) is 6.82. The molecule has 164 valence electrons. The van der Waals surface area contributed by atoms with Crippen molar-refractivity contribution < 1.29 is 35.9 Å². The summed E-state index contributed by atoms with van der Waals surface area (Å²) in [7, 11) is 2.65. The Bertz CT molecular complexity index is 1160. The SMILES string of the molecule is COc1ncc([C@@H](C)N(C)C(=O)c2ccc(C(F)(F)F)c(F)c2)c2cc(F)c(F)cc12. The minimum absolute atomic E-state index is 0.0450. The van der Waals surface area contributed by atoms with Crippen LogP contribution in [0, 0.1) is 17.5 Å². The van der Waals surface area contributed by atoms with Crippen molar-refractivity contribution in [2.75, 3.05) is 14.2 Å². The van der Waals surface area contributed by atoms with Gasteiger partial charge in [-0.2, -0.15) is 13.2 Å². The van der Waals surface area contributed by atoms with E-state index in [1.807, 2.05) is 0 Å². The van der Waals surface area contributed by atoms with Gasteiger partial charge >= 0.3 is 6.18 Å². The van der Waals surface area contributed by atoms with E-state index in [1.54, 1.807) is 6.92 Å². The van der Waals surface area contributed by atoms with E-state index in [-0.39, 0.29) is 22.2 Å². The molecule has 0 spiro atoms. The van der Waals surface area contributed by atoms with Crippen molar-refractivity contribution in [1.82, 2.24) is 9.88 Å². The molecule has 0 unspecified atom stereocenters. The summed E-state index contributed by atoms with van der Waals surface area (Å²) in [5, 5.41) is 0.406. The van der Waals surface area contributed by atoms with Gasteiger partial charge in [-0.1, -0.05) is 0 Å². The van der Waals surface area contributed by atoms with E-state index in [2.05, 4.69) is 4.98 Å². The van der Waals surface area contributed by atoms with Gasteiger partial charge in [-0.3, -0.25) is 4.79 Å². The number of benzene rings is 2. The molecule has 10 heteroatoms. The van der Waals surface area contributed by atoms with Crippen LogP contribution >= 0.6 is 0 Å². The summed E-state index contributed by atoms with van der Waals surface area (Å²) in [5.74, 6) is -4.53. The van der Waals surface area contributed by atoms with Crippen LogP contribution < -0.4 is 4.74 Å². The quantitative estimate of drug-likeness (QED) is 0.501. The van der Waals surface area contributed by atoms with Crippen molar-refractivity contribution in [3.8, 4) is 5.88 Å². The molecule has 3 aromatic rings. The van der Waals surface area contributed by atoms with E-state index in [0.29, 0.717) is 17.7 Å². The van der Waals surface area contributed by atoms with Gasteiger partial charge in [0.1, 0.15) is 5.82 Å². The second-order valence-corrected chi connectivity index (χ2v) is 6.82. The van der Waals surface area contributed by atoms with Crippen LogP contribution in [0.5, 0.6) is 5.88 Å². The van der Waals surface area contributed by atoms with Crippen LogP contribution in [0.15, 0.2) is 36.5 Å². The number of pyridine rings is 1. The number of carbonyl (C=O) groups excluding carboxylic acids is 1. The van der Waals surface area contributed by atoms with Gasteiger partial charge in [-0.15, -0.1) is 0 Å². The number of nitrogens with zero attached hydrogens (tertiary/aromatic N) is 2. The molecule has 0 aliphatic heterocycles.